The summed E-state index contributed by atoms with van der Waals surface area (Å²) >= 11 is 6.68. The van der Waals surface area contributed by atoms with Crippen molar-refractivity contribution in [2.75, 3.05) is 16.8 Å². The number of hydrogen-bond donors (Lipinski definition) is 2. The first-order chi connectivity index (χ1) is 33.6. The molecular weight excluding hydrogens is 1050 g/mol. The Morgan fingerprint density at radius 2 is 1.56 bits per heavy atom. The molecule has 0 unspecified atom stereocenters. The van der Waals surface area contributed by atoms with Crippen LogP contribution in [-0.4, -0.2) is 76.6 Å². The number of nitrogens with two attached hydrogens (primary N) is 1. The van der Waals surface area contributed by atoms with Crippen molar-refractivity contribution in [3.8, 4) is 23.0 Å². The van der Waals surface area contributed by atoms with Crippen LogP contribution in [0.2, 0.25) is 5.02 Å². The average molecular weight is 1100 g/mol. The van der Waals surface area contributed by atoms with Crippen LogP contribution >= 0.6 is 11.6 Å². The molecule has 0 saturated carbocycles. The number of sulfonamides is 1. The lowest BCUT2D eigenvalue weighted by Gasteiger charge is -2.23. The number of carbonyl (C=O) groups excluding carboxylic acids is 2. The molecule has 1 aliphatic carbocycles. The van der Waals surface area contributed by atoms with Crippen molar-refractivity contribution < 1.29 is 70.3 Å². The highest BCUT2D eigenvalue weighted by atomic mass is 35.5. The number of anilines is 1. The third-order valence-corrected chi connectivity index (χ3v) is 15.1. The molecule has 0 radical (unpaired) electrons. The Hall–Kier alpha value is -5.78. The van der Waals surface area contributed by atoms with Crippen LogP contribution in [0.1, 0.15) is 112 Å². The molecule has 0 spiro atoms. The van der Waals surface area contributed by atoms with Gasteiger partial charge in [-0.15, -0.1) is 0 Å². The molecule has 0 saturated heterocycles. The van der Waals surface area contributed by atoms with Gasteiger partial charge in [0.15, 0.2) is 21.3 Å². The lowest BCUT2D eigenvalue weighted by atomic mass is 9.93. The number of sulfone groups is 1. The molecular formula is C46H47ClF10N8O6S2. The number of nitrogens with one attached hydrogen (secondary N) is 1. The first kappa shape index (κ1) is 56.5. The molecule has 14 nitrogen and oxygen atoms in total. The largest absolute Gasteiger partial charge is 0.435 e. The van der Waals surface area contributed by atoms with E-state index in [1.807, 2.05) is 6.92 Å². The van der Waals surface area contributed by atoms with E-state index in [4.69, 9.17) is 17.3 Å². The lowest BCUT2D eigenvalue weighted by Crippen LogP contribution is -2.36. The molecule has 27 heteroatoms. The van der Waals surface area contributed by atoms with Crippen LogP contribution in [0.4, 0.5) is 49.7 Å². The Labute approximate surface area is 417 Å². The monoisotopic (exact) mass is 1100 g/mol. The number of halogens is 11. The maximum Gasteiger partial charge on any atom is 0.435 e. The van der Waals surface area contributed by atoms with E-state index < -0.39 is 149 Å². The number of benzene rings is 2. The molecule has 396 valence electrons. The van der Waals surface area contributed by atoms with Crippen LogP contribution in [0.5, 0.6) is 0 Å². The van der Waals surface area contributed by atoms with Gasteiger partial charge in [0.2, 0.25) is 21.8 Å². The predicted molar refractivity (Wildman–Crippen MR) is 249 cm³/mol. The maximum absolute atomic E-state index is 15.3. The van der Waals surface area contributed by atoms with Crippen molar-refractivity contribution in [3.05, 3.63) is 93.0 Å². The zero-order valence-corrected chi connectivity index (χ0v) is 41.8. The molecule has 73 heavy (non-hydrogen) atoms. The smallest absolute Gasteiger partial charge is 0.346 e. The Bertz CT molecular complexity index is 3240. The van der Waals surface area contributed by atoms with Crippen molar-refractivity contribution in [1.82, 2.24) is 29.9 Å². The van der Waals surface area contributed by atoms with Gasteiger partial charge >= 0.3 is 12.4 Å². The van der Waals surface area contributed by atoms with Gasteiger partial charge in [-0.05, 0) is 68.5 Å². The van der Waals surface area contributed by atoms with Crippen molar-refractivity contribution in [2.24, 2.45) is 5.73 Å². The second kappa shape index (κ2) is 20.9. The number of rotatable bonds is 17. The first-order valence-corrected chi connectivity index (χ1v) is 26.3. The minimum atomic E-state index is -5.32. The van der Waals surface area contributed by atoms with Crippen LogP contribution < -0.4 is 15.4 Å². The quantitative estimate of drug-likeness (QED) is 0.0515. The zero-order valence-electron chi connectivity index (χ0n) is 39.5. The van der Waals surface area contributed by atoms with Crippen LogP contribution in [0.15, 0.2) is 42.5 Å². The highest BCUT2D eigenvalue weighted by molar-refractivity contribution is 7.93. The molecule has 3 aromatic heterocycles. The highest BCUT2D eigenvalue weighted by Crippen LogP contribution is 2.50. The molecule has 2 aromatic carbocycles. The summed E-state index contributed by atoms with van der Waals surface area (Å²) in [5.41, 5.74) is -0.633. The van der Waals surface area contributed by atoms with Gasteiger partial charge in [0.05, 0.1) is 33.9 Å². The summed E-state index contributed by atoms with van der Waals surface area (Å²) in [7, 11) is -8.58. The van der Waals surface area contributed by atoms with E-state index in [1.54, 1.807) is 0 Å². The number of unbranched alkanes of at least 4 members (excludes halogenated alkanes) is 4. The summed E-state index contributed by atoms with van der Waals surface area (Å²) in [6.07, 6.45) is -8.21. The second-order valence-electron chi connectivity index (χ2n) is 18.0. The SMILES string of the molecule is CCCCCCCC(=O)N(c1nn(CC(F)(F)F)c2c(-c3ccc(C#CC(C)(C)S(C)(=O)=O)nc3[C@H](Cc3cc(F)cc(F)c3)NC(=O)Cn3nc(C(F)(F)F)c4c3C(F)(F)C[C@@H]4N)ccc(Cl)c12)S(C)(=O)=O. The summed E-state index contributed by atoms with van der Waals surface area (Å²) in [4.78, 5) is 32.5. The number of nitrogens with zero attached hydrogens (tertiary/aromatic N) is 6. The third kappa shape index (κ3) is 12.8. The molecule has 0 aliphatic heterocycles. The molecule has 3 heterocycles. The van der Waals surface area contributed by atoms with E-state index in [2.05, 4.69) is 32.3 Å². The van der Waals surface area contributed by atoms with Gasteiger partial charge in [-0.1, -0.05) is 56.2 Å². The van der Waals surface area contributed by atoms with Crippen LogP contribution in [0.3, 0.4) is 0 Å². The number of hydrogen-bond acceptors (Lipinski definition) is 10. The number of carbonyl (C=O) groups is 2. The van der Waals surface area contributed by atoms with Crippen molar-refractivity contribution in [1.29, 1.82) is 0 Å². The number of aromatic nitrogens is 5. The highest BCUT2D eigenvalue weighted by Gasteiger charge is 2.53. The van der Waals surface area contributed by atoms with E-state index >= 15 is 8.78 Å². The summed E-state index contributed by atoms with van der Waals surface area (Å²) in [5, 5.41) is 8.80. The Morgan fingerprint density at radius 1 is 0.932 bits per heavy atom. The van der Waals surface area contributed by atoms with E-state index in [0.29, 0.717) is 29.8 Å². The Morgan fingerprint density at radius 3 is 2.15 bits per heavy atom. The Kier molecular flexibility index (Phi) is 16.1. The molecule has 1 aliphatic rings. The van der Waals surface area contributed by atoms with Gasteiger partial charge in [-0.25, -0.2) is 30.6 Å². The number of fused-ring (bicyclic) bond motifs is 2. The molecule has 0 bridgehead atoms. The van der Waals surface area contributed by atoms with Gasteiger partial charge in [-0.3, -0.25) is 19.0 Å². The minimum absolute atomic E-state index is 0.1000. The van der Waals surface area contributed by atoms with Crippen LogP contribution in [0.25, 0.3) is 22.0 Å². The molecule has 2 atom stereocenters. The number of alkyl halides is 8. The fraction of sp³-hybridized carbons (Fsp3) is 0.457. The lowest BCUT2D eigenvalue weighted by molar-refractivity contribution is -0.143. The van der Waals surface area contributed by atoms with Gasteiger partial charge in [-0.2, -0.15) is 49.6 Å². The standard InChI is InChI=1S/C46H47ClF10N8O6S2/c1-6-7-8-9-10-11-35(67)65(73(5,70)71)42-36-31(47)15-14-30(39(36)64(62-42)24-45(52,53)54)29-13-12-28(16-17-43(2,3)72(4,68)69)59-38(29)33(20-25-18-26(48)21-27(49)19-25)60-34(66)23-63-41-37(32(58)22-44(41,50)51)40(61-63)46(55,56)57/h12-15,18-19,21,32-33H,6-11,20,22-24,58H2,1-5H3,(H,60,66)/t32-,33-/m0/s1. The van der Waals surface area contributed by atoms with Crippen molar-refractivity contribution in [3.63, 3.8) is 0 Å². The third-order valence-electron chi connectivity index (χ3n) is 11.8. The van der Waals surface area contributed by atoms with Gasteiger partial charge in [0.25, 0.3) is 5.92 Å². The predicted octanol–water partition coefficient (Wildman–Crippen LogP) is 9.23. The molecule has 5 aromatic rings. The van der Waals surface area contributed by atoms with E-state index in [0.717, 1.165) is 43.4 Å². The van der Waals surface area contributed by atoms with E-state index in [-0.39, 0.29) is 44.2 Å². The summed E-state index contributed by atoms with van der Waals surface area (Å²) in [5.74, 6) is -4.44. The van der Waals surface area contributed by atoms with Gasteiger partial charge in [0, 0.05) is 47.9 Å². The van der Waals surface area contributed by atoms with Crippen LogP contribution in [0, 0.1) is 23.5 Å². The zero-order chi connectivity index (χ0) is 54.4. The fourth-order valence-corrected chi connectivity index (χ4v) is 9.64. The normalized spacial score (nSPS) is 15.5. The van der Waals surface area contributed by atoms with E-state index in [1.165, 1.54) is 26.0 Å². The molecule has 3 N–H and O–H groups in total. The second-order valence-corrected chi connectivity index (χ2v) is 22.8. The average Bonchev–Trinajstić information content (AvgIpc) is 3.88. The maximum atomic E-state index is 15.3. The summed E-state index contributed by atoms with van der Waals surface area (Å²) in [6.45, 7) is 1.14. The molecule has 2 amide bonds. The molecule has 0 fully saturated rings. The van der Waals surface area contributed by atoms with Gasteiger partial charge in [0.1, 0.15) is 40.9 Å². The summed E-state index contributed by atoms with van der Waals surface area (Å²) in [6, 6.07) is 3.05. The Balaban J connectivity index is 1.64. The number of pyridine rings is 1. The summed E-state index contributed by atoms with van der Waals surface area (Å²) < 4.78 is 197. The fourth-order valence-electron chi connectivity index (χ4n) is 8.26. The molecule has 6 rings (SSSR count). The van der Waals surface area contributed by atoms with Crippen molar-refractivity contribution >= 4 is 60.0 Å². The van der Waals surface area contributed by atoms with Crippen molar-refractivity contribution in [2.45, 2.75) is 120 Å². The topological polar surface area (TPSA) is 192 Å². The minimum Gasteiger partial charge on any atom is -0.346 e. The number of amides is 2. The van der Waals surface area contributed by atoms with E-state index in [9.17, 15) is 61.5 Å². The van der Waals surface area contributed by atoms with Gasteiger partial charge < -0.3 is 11.1 Å². The first-order valence-electron chi connectivity index (χ1n) is 22.2. The van der Waals surface area contributed by atoms with Crippen LogP contribution in [-0.2, 0) is 61.1 Å².